The molecule has 2 aromatic heterocycles. The van der Waals surface area contributed by atoms with Gasteiger partial charge in [0, 0.05) is 17.8 Å². The Kier molecular flexibility index (Phi) is 3.55. The smallest absolute Gasteiger partial charge is 0.406 e. The number of halogens is 3. The maximum atomic E-state index is 12.3. The van der Waals surface area contributed by atoms with Crippen LogP contribution in [0.3, 0.4) is 0 Å². The molecule has 0 aliphatic heterocycles. The molecule has 8 heteroatoms. The van der Waals surface area contributed by atoms with Crippen LogP contribution in [0.15, 0.2) is 36.7 Å². The second kappa shape index (κ2) is 5.65. The van der Waals surface area contributed by atoms with Crippen molar-refractivity contribution in [2.75, 3.05) is 0 Å². The quantitative estimate of drug-likeness (QED) is 0.724. The predicted octanol–water partition coefficient (Wildman–Crippen LogP) is 3.75. The number of alkyl halides is 3. The number of hydrogen-bond donors (Lipinski definition) is 0. The summed E-state index contributed by atoms with van der Waals surface area (Å²) in [5.41, 5.74) is 4.92. The molecule has 1 aromatic carbocycles. The van der Waals surface area contributed by atoms with Gasteiger partial charge in [-0.05, 0) is 49.6 Å². The van der Waals surface area contributed by atoms with Gasteiger partial charge in [-0.1, -0.05) is 0 Å². The Morgan fingerprint density at radius 3 is 2.52 bits per heavy atom. The van der Waals surface area contributed by atoms with Crippen LogP contribution in [0.25, 0.3) is 16.9 Å². The number of aromatic nitrogens is 4. The summed E-state index contributed by atoms with van der Waals surface area (Å²) < 4.78 is 44.5. The first-order valence-corrected chi connectivity index (χ1v) is 7.94. The minimum Gasteiger partial charge on any atom is -0.406 e. The molecule has 0 spiro atoms. The first kappa shape index (κ1) is 15.7. The van der Waals surface area contributed by atoms with Crippen molar-refractivity contribution in [3.8, 4) is 22.7 Å². The lowest BCUT2D eigenvalue weighted by Gasteiger charge is -2.16. The average Bonchev–Trinajstić information content (AvgIpc) is 3.17. The van der Waals surface area contributed by atoms with E-state index in [-0.39, 0.29) is 5.75 Å². The highest BCUT2D eigenvalue weighted by Crippen LogP contribution is 2.35. The van der Waals surface area contributed by atoms with Crippen LogP contribution >= 0.6 is 0 Å². The van der Waals surface area contributed by atoms with Gasteiger partial charge in [0.25, 0.3) is 0 Å². The van der Waals surface area contributed by atoms with Crippen LogP contribution in [0, 0.1) is 0 Å². The Hall–Kier alpha value is -2.77. The molecule has 0 unspecified atom stereocenters. The van der Waals surface area contributed by atoms with E-state index in [1.807, 2.05) is 24.0 Å². The molecule has 4 rings (SSSR count). The normalized spacial score (nSPS) is 13.4. The van der Waals surface area contributed by atoms with Crippen LogP contribution in [0.2, 0.25) is 0 Å². The molecule has 0 radical (unpaired) electrons. The molecule has 3 aromatic rings. The standard InChI is InChI=1S/C17H15F3N4O/c1-2-23-15-8-3-11-9-22-24(16(11)14(15)10-21-23)12-4-6-13(7-5-12)25-17(18,19)20/h4-7,9-10H,2-3,8H2,1H3. The second-order valence-electron chi connectivity index (χ2n) is 5.79. The first-order chi connectivity index (χ1) is 12.0. The number of rotatable bonds is 3. The lowest BCUT2D eigenvalue weighted by molar-refractivity contribution is -0.274. The lowest BCUT2D eigenvalue weighted by atomic mass is 9.96. The molecule has 1 aliphatic carbocycles. The van der Waals surface area contributed by atoms with Crippen molar-refractivity contribution in [1.82, 2.24) is 19.6 Å². The van der Waals surface area contributed by atoms with Gasteiger partial charge < -0.3 is 4.74 Å². The summed E-state index contributed by atoms with van der Waals surface area (Å²) >= 11 is 0. The molecule has 5 nitrogen and oxygen atoms in total. The number of aryl methyl sites for hydroxylation is 2. The van der Waals surface area contributed by atoms with E-state index in [0.717, 1.165) is 41.9 Å². The molecule has 0 fully saturated rings. The third kappa shape index (κ3) is 2.77. The van der Waals surface area contributed by atoms with Crippen LogP contribution in [0.5, 0.6) is 5.75 Å². The van der Waals surface area contributed by atoms with E-state index in [1.165, 1.54) is 12.1 Å². The summed E-state index contributed by atoms with van der Waals surface area (Å²) in [4.78, 5) is 0. The van der Waals surface area contributed by atoms with Crippen molar-refractivity contribution in [3.63, 3.8) is 0 Å². The Bertz CT molecular complexity index is 909. The van der Waals surface area contributed by atoms with E-state index in [9.17, 15) is 13.2 Å². The number of hydrogen-bond acceptors (Lipinski definition) is 3. The largest absolute Gasteiger partial charge is 0.573 e. The number of nitrogens with zero attached hydrogens (tertiary/aromatic N) is 4. The zero-order valence-corrected chi connectivity index (χ0v) is 13.4. The molecule has 0 bridgehead atoms. The van der Waals surface area contributed by atoms with Crippen molar-refractivity contribution < 1.29 is 17.9 Å². The highest BCUT2D eigenvalue weighted by molar-refractivity contribution is 5.70. The van der Waals surface area contributed by atoms with Crippen LogP contribution in [-0.2, 0) is 19.4 Å². The van der Waals surface area contributed by atoms with Gasteiger partial charge in [0.15, 0.2) is 0 Å². The zero-order valence-electron chi connectivity index (χ0n) is 13.4. The summed E-state index contributed by atoms with van der Waals surface area (Å²) in [5, 5.41) is 8.84. The van der Waals surface area contributed by atoms with Gasteiger partial charge in [-0.3, -0.25) is 4.68 Å². The van der Waals surface area contributed by atoms with Crippen LogP contribution in [-0.4, -0.2) is 25.9 Å². The van der Waals surface area contributed by atoms with Gasteiger partial charge in [0.2, 0.25) is 0 Å². The second-order valence-corrected chi connectivity index (χ2v) is 5.79. The van der Waals surface area contributed by atoms with Crippen molar-refractivity contribution in [2.45, 2.75) is 32.7 Å². The van der Waals surface area contributed by atoms with Crippen LogP contribution < -0.4 is 4.74 Å². The zero-order chi connectivity index (χ0) is 17.6. The fourth-order valence-corrected chi connectivity index (χ4v) is 3.23. The summed E-state index contributed by atoms with van der Waals surface area (Å²) in [5.74, 6) is -0.253. The number of ether oxygens (including phenoxy) is 1. The molecular formula is C17H15F3N4O. The first-order valence-electron chi connectivity index (χ1n) is 7.94. The van der Waals surface area contributed by atoms with Gasteiger partial charge in [0.05, 0.1) is 23.8 Å². The van der Waals surface area contributed by atoms with Crippen molar-refractivity contribution >= 4 is 0 Å². The van der Waals surface area contributed by atoms with E-state index < -0.39 is 6.36 Å². The molecule has 130 valence electrons. The van der Waals surface area contributed by atoms with Gasteiger partial charge >= 0.3 is 6.36 Å². The minimum absolute atomic E-state index is 0.253. The maximum Gasteiger partial charge on any atom is 0.573 e. The summed E-state index contributed by atoms with van der Waals surface area (Å²) in [6.07, 6.45) is 0.706. The van der Waals surface area contributed by atoms with Gasteiger partial charge in [-0.15, -0.1) is 13.2 Å². The fraction of sp³-hybridized carbons (Fsp3) is 0.294. The van der Waals surface area contributed by atoms with Crippen LogP contribution in [0.1, 0.15) is 18.2 Å². The molecule has 0 saturated heterocycles. The minimum atomic E-state index is -4.70. The van der Waals surface area contributed by atoms with Crippen molar-refractivity contribution in [2.24, 2.45) is 0 Å². The third-order valence-electron chi connectivity index (χ3n) is 4.29. The van der Waals surface area contributed by atoms with Crippen LogP contribution in [0.4, 0.5) is 13.2 Å². The summed E-state index contributed by atoms with van der Waals surface area (Å²) in [7, 11) is 0. The van der Waals surface area contributed by atoms with Gasteiger partial charge in [-0.2, -0.15) is 10.2 Å². The fourth-order valence-electron chi connectivity index (χ4n) is 3.23. The maximum absolute atomic E-state index is 12.3. The van der Waals surface area contributed by atoms with Crippen molar-refractivity contribution in [3.05, 3.63) is 47.9 Å². The van der Waals surface area contributed by atoms with E-state index in [4.69, 9.17) is 0 Å². The predicted molar refractivity (Wildman–Crippen MR) is 84.6 cm³/mol. The number of benzene rings is 1. The van der Waals surface area contributed by atoms with Gasteiger partial charge in [0.1, 0.15) is 5.75 Å². The highest BCUT2D eigenvalue weighted by atomic mass is 19.4. The molecule has 0 atom stereocenters. The van der Waals surface area contributed by atoms with Crippen molar-refractivity contribution in [1.29, 1.82) is 0 Å². The lowest BCUT2D eigenvalue weighted by Crippen LogP contribution is -2.17. The summed E-state index contributed by atoms with van der Waals surface area (Å²) in [6, 6.07) is 5.70. The van der Waals surface area contributed by atoms with Gasteiger partial charge in [-0.25, -0.2) is 4.68 Å². The topological polar surface area (TPSA) is 44.9 Å². The number of fused-ring (bicyclic) bond motifs is 3. The molecule has 0 amide bonds. The molecular weight excluding hydrogens is 333 g/mol. The van der Waals surface area contributed by atoms with E-state index in [1.54, 1.807) is 16.8 Å². The molecule has 25 heavy (non-hydrogen) atoms. The molecule has 1 aliphatic rings. The third-order valence-corrected chi connectivity index (χ3v) is 4.29. The molecule has 0 saturated carbocycles. The Balaban J connectivity index is 1.73. The Labute approximate surface area is 141 Å². The average molecular weight is 348 g/mol. The summed E-state index contributed by atoms with van der Waals surface area (Å²) in [6.45, 7) is 2.84. The molecule has 2 heterocycles. The highest BCUT2D eigenvalue weighted by Gasteiger charge is 2.31. The molecule has 0 N–H and O–H groups in total. The monoisotopic (exact) mass is 348 g/mol. The van der Waals surface area contributed by atoms with E-state index in [2.05, 4.69) is 14.9 Å². The Morgan fingerprint density at radius 2 is 1.84 bits per heavy atom. The van der Waals surface area contributed by atoms with E-state index >= 15 is 0 Å². The SMILES string of the molecule is CCn1ncc2c1CCc1cnn(-c3ccc(OC(F)(F)F)cc3)c1-2. The van der Waals surface area contributed by atoms with E-state index in [0.29, 0.717) is 5.69 Å². The Morgan fingerprint density at radius 1 is 1.08 bits per heavy atom.